The molecule has 0 saturated heterocycles. The lowest BCUT2D eigenvalue weighted by Crippen LogP contribution is -2.13. The van der Waals surface area contributed by atoms with E-state index >= 15 is 0 Å². The number of thiophene rings is 1. The van der Waals surface area contributed by atoms with E-state index in [0.717, 1.165) is 23.6 Å². The number of methoxy groups -OCH3 is 1. The van der Waals surface area contributed by atoms with Gasteiger partial charge in [-0.25, -0.2) is 4.98 Å². The quantitative estimate of drug-likeness (QED) is 0.622. The Kier molecular flexibility index (Phi) is 3.50. The molecule has 1 saturated carbocycles. The number of hydrogen-bond acceptors (Lipinski definition) is 5. The Hall–Kier alpha value is -1.07. The molecule has 100 valence electrons. The number of hydrogen-bond donors (Lipinski definition) is 0. The minimum Gasteiger partial charge on any atom is -0.469 e. The van der Waals surface area contributed by atoms with Gasteiger partial charge in [0.05, 0.1) is 13.5 Å². The molecular weight excluding hydrogens is 278 g/mol. The van der Waals surface area contributed by atoms with Gasteiger partial charge >= 0.3 is 5.97 Å². The fourth-order valence-corrected chi connectivity index (χ4v) is 4.28. The summed E-state index contributed by atoms with van der Waals surface area (Å²) in [6.07, 6.45) is 4.64. The first-order valence-corrected chi connectivity index (χ1v) is 8.11. The number of carbonyl (C=O) groups is 1. The molecule has 3 nitrogen and oxygen atoms in total. The molecule has 0 bridgehead atoms. The van der Waals surface area contributed by atoms with Crippen LogP contribution in [0.2, 0.25) is 0 Å². The molecule has 2 aromatic heterocycles. The molecule has 0 aliphatic heterocycles. The summed E-state index contributed by atoms with van der Waals surface area (Å²) in [5.74, 6) is 0.851. The summed E-state index contributed by atoms with van der Waals surface area (Å²) in [6.45, 7) is 0. The van der Waals surface area contributed by atoms with Crippen molar-refractivity contribution in [2.24, 2.45) is 5.41 Å². The zero-order valence-electron chi connectivity index (χ0n) is 10.7. The highest BCUT2D eigenvalue weighted by Crippen LogP contribution is 2.52. The average molecular weight is 293 g/mol. The summed E-state index contributed by atoms with van der Waals surface area (Å²) < 4.78 is 6.05. The van der Waals surface area contributed by atoms with Gasteiger partial charge in [-0.2, -0.15) is 0 Å². The van der Waals surface area contributed by atoms with E-state index in [1.54, 1.807) is 23.1 Å². The number of rotatable bonds is 5. The highest BCUT2D eigenvalue weighted by molar-refractivity contribution is 7.99. The monoisotopic (exact) mass is 293 g/mol. The summed E-state index contributed by atoms with van der Waals surface area (Å²) in [4.78, 5) is 15.9. The number of thioether (sulfide) groups is 1. The van der Waals surface area contributed by atoms with Gasteiger partial charge in [0.2, 0.25) is 0 Å². The van der Waals surface area contributed by atoms with Crippen LogP contribution in [0.25, 0.3) is 10.1 Å². The second-order valence-electron chi connectivity index (χ2n) is 4.99. The van der Waals surface area contributed by atoms with Crippen molar-refractivity contribution >= 4 is 39.2 Å². The van der Waals surface area contributed by atoms with Gasteiger partial charge in [0.1, 0.15) is 5.03 Å². The highest BCUT2D eigenvalue weighted by atomic mass is 32.2. The van der Waals surface area contributed by atoms with Gasteiger partial charge in [0.25, 0.3) is 0 Å². The molecule has 1 aliphatic carbocycles. The van der Waals surface area contributed by atoms with Crippen molar-refractivity contribution < 1.29 is 9.53 Å². The van der Waals surface area contributed by atoms with Crippen molar-refractivity contribution in [3.63, 3.8) is 0 Å². The van der Waals surface area contributed by atoms with Crippen molar-refractivity contribution in [3.05, 3.63) is 23.7 Å². The molecule has 0 unspecified atom stereocenters. The molecule has 2 aromatic rings. The third kappa shape index (κ3) is 2.77. The lowest BCUT2D eigenvalue weighted by Gasteiger charge is -2.12. The van der Waals surface area contributed by atoms with Crippen LogP contribution < -0.4 is 0 Å². The fourth-order valence-electron chi connectivity index (χ4n) is 2.13. The third-order valence-electron chi connectivity index (χ3n) is 3.56. The minimum atomic E-state index is -0.0974. The van der Waals surface area contributed by atoms with E-state index in [9.17, 15) is 4.79 Å². The van der Waals surface area contributed by atoms with Gasteiger partial charge in [0.15, 0.2) is 0 Å². The van der Waals surface area contributed by atoms with E-state index in [1.807, 2.05) is 12.3 Å². The van der Waals surface area contributed by atoms with E-state index < -0.39 is 0 Å². The number of aromatic nitrogens is 1. The smallest absolute Gasteiger partial charge is 0.306 e. The lowest BCUT2D eigenvalue weighted by molar-refractivity contribution is -0.141. The number of pyridine rings is 1. The molecule has 0 N–H and O–H groups in total. The summed E-state index contributed by atoms with van der Waals surface area (Å²) in [6, 6.07) is 4.17. The van der Waals surface area contributed by atoms with Crippen LogP contribution in [0, 0.1) is 5.41 Å². The van der Waals surface area contributed by atoms with Crippen molar-refractivity contribution in [1.29, 1.82) is 0 Å². The maximum Gasteiger partial charge on any atom is 0.306 e. The average Bonchev–Trinajstić information content (AvgIpc) is 3.01. The predicted octanol–water partition coefficient (Wildman–Crippen LogP) is 3.73. The van der Waals surface area contributed by atoms with Crippen LogP contribution in [-0.2, 0) is 9.53 Å². The van der Waals surface area contributed by atoms with Crippen LogP contribution in [0.5, 0.6) is 0 Å². The Morgan fingerprint density at radius 2 is 2.37 bits per heavy atom. The Morgan fingerprint density at radius 3 is 3.11 bits per heavy atom. The van der Waals surface area contributed by atoms with Gasteiger partial charge < -0.3 is 4.74 Å². The molecule has 2 heterocycles. The van der Waals surface area contributed by atoms with Gasteiger partial charge in [-0.1, -0.05) is 0 Å². The molecular formula is C14H15NO2S2. The van der Waals surface area contributed by atoms with Crippen LogP contribution in [0.4, 0.5) is 0 Å². The SMILES string of the molecule is COC(=O)CC1(CSc2nccc3sccc23)CC1. The van der Waals surface area contributed by atoms with Crippen LogP contribution in [0.15, 0.2) is 28.7 Å². The van der Waals surface area contributed by atoms with E-state index in [1.165, 1.54) is 17.2 Å². The molecule has 1 fully saturated rings. The van der Waals surface area contributed by atoms with Gasteiger partial charge in [0, 0.05) is 22.0 Å². The first-order chi connectivity index (χ1) is 9.22. The fraction of sp³-hybridized carbons (Fsp3) is 0.429. The van der Waals surface area contributed by atoms with Crippen molar-refractivity contribution in [1.82, 2.24) is 4.98 Å². The van der Waals surface area contributed by atoms with Crippen LogP contribution in [-0.4, -0.2) is 23.8 Å². The molecule has 0 amide bonds. The van der Waals surface area contributed by atoms with Gasteiger partial charge in [-0.15, -0.1) is 23.1 Å². The standard InChI is InChI=1S/C14H15NO2S2/c1-17-12(16)8-14(4-5-14)9-19-13-10-3-7-18-11(10)2-6-15-13/h2-3,6-7H,4-5,8-9H2,1H3. The van der Waals surface area contributed by atoms with E-state index in [4.69, 9.17) is 4.74 Å². The summed E-state index contributed by atoms with van der Waals surface area (Å²) in [5, 5.41) is 4.40. The molecule has 0 atom stereocenters. The maximum absolute atomic E-state index is 11.4. The zero-order valence-corrected chi connectivity index (χ0v) is 12.4. The Bertz CT molecular complexity index is 604. The lowest BCUT2D eigenvalue weighted by atomic mass is 10.1. The Morgan fingerprint density at radius 1 is 1.53 bits per heavy atom. The summed E-state index contributed by atoms with van der Waals surface area (Å²) in [5.41, 5.74) is 0.150. The number of carbonyl (C=O) groups excluding carboxylic acids is 1. The molecule has 3 rings (SSSR count). The predicted molar refractivity (Wildman–Crippen MR) is 78.6 cm³/mol. The number of ether oxygens (including phenoxy) is 1. The zero-order chi connectivity index (χ0) is 13.3. The number of fused-ring (bicyclic) bond motifs is 1. The summed E-state index contributed by atoms with van der Waals surface area (Å²) in [7, 11) is 1.46. The van der Waals surface area contributed by atoms with Crippen LogP contribution in [0.1, 0.15) is 19.3 Å². The topological polar surface area (TPSA) is 39.2 Å². The van der Waals surface area contributed by atoms with Gasteiger partial charge in [-0.05, 0) is 35.8 Å². The van der Waals surface area contributed by atoms with Crippen molar-refractivity contribution in [3.8, 4) is 0 Å². The van der Waals surface area contributed by atoms with Gasteiger partial charge in [-0.3, -0.25) is 4.79 Å². The van der Waals surface area contributed by atoms with E-state index in [0.29, 0.717) is 6.42 Å². The summed E-state index contributed by atoms with van der Waals surface area (Å²) >= 11 is 3.50. The second-order valence-corrected chi connectivity index (χ2v) is 6.90. The van der Waals surface area contributed by atoms with Crippen molar-refractivity contribution in [2.75, 3.05) is 12.9 Å². The van der Waals surface area contributed by atoms with Crippen molar-refractivity contribution in [2.45, 2.75) is 24.3 Å². The molecule has 5 heteroatoms. The first-order valence-electron chi connectivity index (χ1n) is 6.24. The molecule has 0 radical (unpaired) electrons. The maximum atomic E-state index is 11.4. The Labute approximate surface area is 120 Å². The van der Waals surface area contributed by atoms with Crippen LogP contribution >= 0.6 is 23.1 Å². The molecule has 1 aliphatic rings. The first kappa shape index (κ1) is 12.9. The number of esters is 1. The largest absolute Gasteiger partial charge is 0.469 e. The highest BCUT2D eigenvalue weighted by Gasteiger charge is 2.44. The molecule has 19 heavy (non-hydrogen) atoms. The normalized spacial score (nSPS) is 16.5. The third-order valence-corrected chi connectivity index (χ3v) is 5.80. The minimum absolute atomic E-state index is 0.0974. The number of nitrogens with zero attached hydrogens (tertiary/aromatic N) is 1. The molecule has 0 aromatic carbocycles. The van der Waals surface area contributed by atoms with E-state index in [-0.39, 0.29) is 11.4 Å². The molecule has 0 spiro atoms. The van der Waals surface area contributed by atoms with E-state index in [2.05, 4.69) is 16.4 Å². The Balaban J connectivity index is 1.69. The second kappa shape index (κ2) is 5.13. The van der Waals surface area contributed by atoms with Crippen LogP contribution in [0.3, 0.4) is 0 Å².